The van der Waals surface area contributed by atoms with Crippen molar-refractivity contribution in [2.24, 2.45) is 5.92 Å². The zero-order valence-electron chi connectivity index (χ0n) is 6.59. The van der Waals surface area contributed by atoms with Crippen molar-refractivity contribution in [3.05, 3.63) is 23.3 Å². The molecule has 0 radical (unpaired) electrons. The molecule has 10 heavy (non-hydrogen) atoms. The molecule has 0 aromatic heterocycles. The van der Waals surface area contributed by atoms with Gasteiger partial charge in [-0.3, -0.25) is 0 Å². The highest BCUT2D eigenvalue weighted by molar-refractivity contribution is 5.25. The van der Waals surface area contributed by atoms with Crippen LogP contribution in [0.25, 0.3) is 0 Å². The van der Waals surface area contributed by atoms with E-state index in [1.807, 2.05) is 6.08 Å². The summed E-state index contributed by atoms with van der Waals surface area (Å²) >= 11 is 0. The van der Waals surface area contributed by atoms with Crippen molar-refractivity contribution >= 4 is 0 Å². The van der Waals surface area contributed by atoms with Crippen LogP contribution in [0.2, 0.25) is 0 Å². The predicted octanol–water partition coefficient (Wildman–Crippen LogP) is 1.89. The molecule has 1 aliphatic carbocycles. The van der Waals surface area contributed by atoms with E-state index in [0.29, 0.717) is 5.92 Å². The van der Waals surface area contributed by atoms with Crippen LogP contribution in [0.4, 0.5) is 0 Å². The van der Waals surface area contributed by atoms with Gasteiger partial charge in [0.25, 0.3) is 0 Å². The molecule has 0 fully saturated rings. The van der Waals surface area contributed by atoms with Crippen molar-refractivity contribution in [3.63, 3.8) is 0 Å². The minimum atomic E-state index is 0.213. The van der Waals surface area contributed by atoms with Crippen LogP contribution in [0.15, 0.2) is 23.3 Å². The first-order valence-corrected chi connectivity index (χ1v) is 3.71. The van der Waals surface area contributed by atoms with E-state index in [2.05, 4.69) is 19.9 Å². The van der Waals surface area contributed by atoms with Crippen molar-refractivity contribution in [1.29, 1.82) is 0 Å². The molecule has 56 valence electrons. The third kappa shape index (κ3) is 1.48. The number of allylic oxidation sites excluding steroid dienone is 3. The van der Waals surface area contributed by atoms with Crippen molar-refractivity contribution in [2.75, 3.05) is 6.61 Å². The van der Waals surface area contributed by atoms with Crippen LogP contribution >= 0.6 is 0 Å². The van der Waals surface area contributed by atoms with Gasteiger partial charge < -0.3 is 5.11 Å². The van der Waals surface area contributed by atoms with Gasteiger partial charge >= 0.3 is 0 Å². The quantitative estimate of drug-likeness (QED) is 0.586. The van der Waals surface area contributed by atoms with Gasteiger partial charge in [0, 0.05) is 0 Å². The fraction of sp³-hybridized carbons (Fsp3) is 0.556. The van der Waals surface area contributed by atoms with Crippen molar-refractivity contribution < 1.29 is 5.11 Å². The molecule has 0 bridgehead atoms. The van der Waals surface area contributed by atoms with Gasteiger partial charge in [-0.05, 0) is 24.8 Å². The second kappa shape index (κ2) is 3.02. The van der Waals surface area contributed by atoms with E-state index >= 15 is 0 Å². The summed E-state index contributed by atoms with van der Waals surface area (Å²) in [6.07, 6.45) is 5.22. The van der Waals surface area contributed by atoms with E-state index < -0.39 is 0 Å². The fourth-order valence-corrected chi connectivity index (χ4v) is 1.30. The Balaban J connectivity index is 2.71. The Morgan fingerprint density at radius 1 is 1.60 bits per heavy atom. The molecule has 0 unspecified atom stereocenters. The molecular formula is C9H14O. The average Bonchev–Trinajstić information content (AvgIpc) is 1.88. The number of hydrogen-bond acceptors (Lipinski definition) is 1. The molecule has 1 aliphatic rings. The van der Waals surface area contributed by atoms with Crippen LogP contribution in [0, 0.1) is 5.92 Å². The molecule has 0 aliphatic heterocycles. The number of aliphatic hydroxyl groups is 1. The summed E-state index contributed by atoms with van der Waals surface area (Å²) in [7, 11) is 0. The van der Waals surface area contributed by atoms with Crippen molar-refractivity contribution in [3.8, 4) is 0 Å². The molecule has 0 saturated heterocycles. The molecule has 0 saturated carbocycles. The maximum atomic E-state index is 8.85. The highest BCUT2D eigenvalue weighted by Crippen LogP contribution is 2.23. The maximum absolute atomic E-state index is 8.85. The van der Waals surface area contributed by atoms with Crippen LogP contribution in [-0.2, 0) is 0 Å². The Labute approximate surface area is 62.1 Å². The SMILES string of the molecule is CC1=CC=C(CO)[C@H](C)C1. The Bertz CT molecular complexity index is 177. The monoisotopic (exact) mass is 138 g/mol. The van der Waals surface area contributed by atoms with Gasteiger partial charge in [-0.1, -0.05) is 24.6 Å². The Hall–Kier alpha value is -0.560. The minimum Gasteiger partial charge on any atom is -0.392 e. The molecule has 0 amide bonds. The predicted molar refractivity (Wildman–Crippen MR) is 42.7 cm³/mol. The third-order valence-electron chi connectivity index (χ3n) is 2.03. The third-order valence-corrected chi connectivity index (χ3v) is 2.03. The maximum Gasteiger partial charge on any atom is 0.0647 e. The normalized spacial score (nSPS) is 25.7. The second-order valence-electron chi connectivity index (χ2n) is 3.02. The average molecular weight is 138 g/mol. The van der Waals surface area contributed by atoms with Gasteiger partial charge in [0.05, 0.1) is 6.61 Å². The highest BCUT2D eigenvalue weighted by atomic mass is 16.3. The van der Waals surface area contributed by atoms with Crippen LogP contribution in [-0.4, -0.2) is 11.7 Å². The Kier molecular flexibility index (Phi) is 2.28. The van der Waals surface area contributed by atoms with Gasteiger partial charge in [0.15, 0.2) is 0 Å². The lowest BCUT2D eigenvalue weighted by Gasteiger charge is -2.17. The fourth-order valence-electron chi connectivity index (χ4n) is 1.30. The summed E-state index contributed by atoms with van der Waals surface area (Å²) in [5, 5.41) is 8.85. The topological polar surface area (TPSA) is 20.2 Å². The zero-order chi connectivity index (χ0) is 7.56. The molecule has 0 heterocycles. The summed E-state index contributed by atoms with van der Waals surface area (Å²) in [5.41, 5.74) is 2.57. The lowest BCUT2D eigenvalue weighted by molar-refractivity contribution is 0.315. The summed E-state index contributed by atoms with van der Waals surface area (Å²) < 4.78 is 0. The molecule has 1 nitrogen and oxygen atoms in total. The first kappa shape index (κ1) is 7.55. The number of rotatable bonds is 1. The molecular weight excluding hydrogens is 124 g/mol. The van der Waals surface area contributed by atoms with Gasteiger partial charge in [0.2, 0.25) is 0 Å². The van der Waals surface area contributed by atoms with E-state index in [9.17, 15) is 0 Å². The van der Waals surface area contributed by atoms with Crippen molar-refractivity contribution in [2.45, 2.75) is 20.3 Å². The molecule has 1 atom stereocenters. The summed E-state index contributed by atoms with van der Waals surface area (Å²) in [4.78, 5) is 0. The molecule has 1 N–H and O–H groups in total. The standard InChI is InChI=1S/C9H14O/c1-7-3-4-9(6-10)8(2)5-7/h3-4,8,10H,5-6H2,1-2H3/t8-/m1/s1. The first-order chi connectivity index (χ1) is 4.74. The van der Waals surface area contributed by atoms with Gasteiger partial charge in [-0.25, -0.2) is 0 Å². The second-order valence-corrected chi connectivity index (χ2v) is 3.02. The highest BCUT2D eigenvalue weighted by Gasteiger charge is 2.10. The largest absolute Gasteiger partial charge is 0.392 e. The number of hydrogen-bond donors (Lipinski definition) is 1. The first-order valence-electron chi connectivity index (χ1n) is 3.71. The van der Waals surface area contributed by atoms with Gasteiger partial charge in [-0.2, -0.15) is 0 Å². The van der Waals surface area contributed by atoms with E-state index in [4.69, 9.17) is 5.11 Å². The van der Waals surface area contributed by atoms with Crippen molar-refractivity contribution in [1.82, 2.24) is 0 Å². The summed E-state index contributed by atoms with van der Waals surface area (Å²) in [6.45, 7) is 4.49. The van der Waals surface area contributed by atoms with Crippen LogP contribution in [0.3, 0.4) is 0 Å². The van der Waals surface area contributed by atoms with Gasteiger partial charge in [0.1, 0.15) is 0 Å². The summed E-state index contributed by atoms with van der Waals surface area (Å²) in [6, 6.07) is 0. The lowest BCUT2D eigenvalue weighted by Crippen LogP contribution is -2.07. The molecule has 0 spiro atoms. The molecule has 0 aromatic carbocycles. The van der Waals surface area contributed by atoms with Crippen LogP contribution in [0.5, 0.6) is 0 Å². The molecule has 0 aromatic rings. The molecule has 1 rings (SSSR count). The smallest absolute Gasteiger partial charge is 0.0647 e. The van der Waals surface area contributed by atoms with E-state index in [1.165, 1.54) is 5.57 Å². The van der Waals surface area contributed by atoms with E-state index in [-0.39, 0.29) is 6.61 Å². The van der Waals surface area contributed by atoms with E-state index in [0.717, 1.165) is 12.0 Å². The Morgan fingerprint density at radius 2 is 2.30 bits per heavy atom. The van der Waals surface area contributed by atoms with E-state index in [1.54, 1.807) is 0 Å². The lowest BCUT2D eigenvalue weighted by atomic mass is 9.90. The minimum absolute atomic E-state index is 0.213. The van der Waals surface area contributed by atoms with Crippen LogP contribution in [0.1, 0.15) is 20.3 Å². The zero-order valence-corrected chi connectivity index (χ0v) is 6.59. The summed E-state index contributed by atoms with van der Waals surface area (Å²) in [5.74, 6) is 0.537. The molecule has 1 heteroatoms. The van der Waals surface area contributed by atoms with Gasteiger partial charge in [-0.15, -0.1) is 0 Å². The van der Waals surface area contributed by atoms with Crippen LogP contribution < -0.4 is 0 Å². The Morgan fingerprint density at radius 3 is 2.80 bits per heavy atom. The number of aliphatic hydroxyl groups excluding tert-OH is 1.